The summed E-state index contributed by atoms with van der Waals surface area (Å²) in [6, 6.07) is 0. The van der Waals surface area contributed by atoms with Crippen LogP contribution >= 0.6 is 17.8 Å². The average molecular weight is 318 g/mol. The molecule has 0 atom stereocenters. The quantitative estimate of drug-likeness (QED) is 0.463. The fourth-order valence-electron chi connectivity index (χ4n) is 1.19. The van der Waals surface area contributed by atoms with Crippen molar-refractivity contribution in [3.05, 3.63) is 0 Å². The second-order valence-corrected chi connectivity index (χ2v) is 22.2. The molecule has 0 heterocycles. The molecule has 0 aromatic rings. The normalized spacial score (nSPS) is 12.0. The standard InChI is InChI=1S/C5H11.C4H9.2ClH.Sn/c1-3-5-4-2;1-3-4-2;;;/h1,3-5H2,2H3;1,3-4H2,2H3;2*1H;/q;;;;+2/p-2. The predicted octanol–water partition coefficient (Wildman–Crippen LogP) is 4.90. The second kappa shape index (κ2) is 7.75. The van der Waals surface area contributed by atoms with Crippen molar-refractivity contribution in [1.29, 1.82) is 0 Å². The summed E-state index contributed by atoms with van der Waals surface area (Å²) in [5.41, 5.74) is 0. The first-order valence-corrected chi connectivity index (χ1v) is 16.3. The fraction of sp³-hybridized carbons (Fsp3) is 1.00. The summed E-state index contributed by atoms with van der Waals surface area (Å²) in [6.07, 6.45) is 6.28. The molecule has 0 radical (unpaired) electrons. The number of hydrogen-bond acceptors (Lipinski definition) is 0. The van der Waals surface area contributed by atoms with Crippen molar-refractivity contribution in [2.45, 2.75) is 54.8 Å². The first kappa shape index (κ1) is 13.4. The molecule has 0 saturated carbocycles. The Morgan fingerprint density at radius 1 is 0.833 bits per heavy atom. The molecule has 0 aromatic heterocycles. The third-order valence-corrected chi connectivity index (χ3v) is 13.3. The van der Waals surface area contributed by atoms with Gasteiger partial charge in [0.05, 0.1) is 0 Å². The number of rotatable bonds is 7. The Morgan fingerprint density at radius 2 is 1.33 bits per heavy atom. The zero-order valence-corrected chi connectivity index (χ0v) is 12.6. The van der Waals surface area contributed by atoms with E-state index in [4.69, 9.17) is 17.8 Å². The van der Waals surface area contributed by atoms with E-state index in [1.165, 1.54) is 32.1 Å². The van der Waals surface area contributed by atoms with Crippen LogP contribution in [0.2, 0.25) is 8.87 Å². The van der Waals surface area contributed by atoms with Gasteiger partial charge in [0.25, 0.3) is 0 Å². The summed E-state index contributed by atoms with van der Waals surface area (Å²) < 4.78 is 2.31. The van der Waals surface area contributed by atoms with Crippen molar-refractivity contribution < 1.29 is 0 Å². The molecule has 0 unspecified atom stereocenters. The van der Waals surface area contributed by atoms with E-state index in [2.05, 4.69) is 13.8 Å². The molecule has 0 saturated heterocycles. The van der Waals surface area contributed by atoms with Gasteiger partial charge in [-0.2, -0.15) is 0 Å². The molecule has 12 heavy (non-hydrogen) atoms. The van der Waals surface area contributed by atoms with E-state index in [1.54, 1.807) is 0 Å². The van der Waals surface area contributed by atoms with Crippen LogP contribution in [0.25, 0.3) is 0 Å². The average Bonchev–Trinajstić information content (AvgIpc) is 2.01. The molecular formula is C9H20Cl2Sn. The fourth-order valence-corrected chi connectivity index (χ4v) is 10.2. The van der Waals surface area contributed by atoms with Gasteiger partial charge >= 0.3 is 88.8 Å². The Labute approximate surface area is 88.3 Å². The Kier molecular flexibility index (Phi) is 8.64. The van der Waals surface area contributed by atoms with Crippen molar-refractivity contribution in [2.24, 2.45) is 0 Å². The summed E-state index contributed by atoms with van der Waals surface area (Å²) in [4.78, 5) is 0. The number of halogens is 2. The molecule has 0 amide bonds. The summed E-state index contributed by atoms with van der Waals surface area (Å²) >= 11 is -2.52. The van der Waals surface area contributed by atoms with Gasteiger partial charge in [0, 0.05) is 0 Å². The van der Waals surface area contributed by atoms with Crippen LogP contribution < -0.4 is 0 Å². The topological polar surface area (TPSA) is 0 Å². The van der Waals surface area contributed by atoms with Crippen molar-refractivity contribution in [3.63, 3.8) is 0 Å². The third-order valence-electron chi connectivity index (χ3n) is 2.04. The molecule has 0 aliphatic rings. The van der Waals surface area contributed by atoms with Gasteiger partial charge in [-0.3, -0.25) is 0 Å². The summed E-state index contributed by atoms with van der Waals surface area (Å²) in [5, 5.41) is 0. The van der Waals surface area contributed by atoms with Gasteiger partial charge in [-0.1, -0.05) is 0 Å². The van der Waals surface area contributed by atoms with E-state index in [9.17, 15) is 0 Å². The van der Waals surface area contributed by atoms with E-state index in [1.807, 2.05) is 0 Å². The molecule has 0 N–H and O–H groups in total. The van der Waals surface area contributed by atoms with E-state index in [-0.39, 0.29) is 0 Å². The molecule has 0 aliphatic carbocycles. The van der Waals surface area contributed by atoms with Gasteiger partial charge in [-0.05, 0) is 0 Å². The van der Waals surface area contributed by atoms with Crippen LogP contribution in [-0.2, 0) is 0 Å². The molecule has 0 rings (SSSR count). The van der Waals surface area contributed by atoms with Gasteiger partial charge in [0.2, 0.25) is 0 Å². The van der Waals surface area contributed by atoms with Gasteiger partial charge in [0.15, 0.2) is 0 Å². The van der Waals surface area contributed by atoms with Crippen LogP contribution in [0.5, 0.6) is 0 Å². The van der Waals surface area contributed by atoms with Crippen LogP contribution in [0.3, 0.4) is 0 Å². The van der Waals surface area contributed by atoms with Crippen LogP contribution in [0.15, 0.2) is 0 Å². The minimum atomic E-state index is -2.52. The minimum absolute atomic E-state index is 1.15. The molecule has 3 heteroatoms. The Bertz CT molecular complexity index is 105. The van der Waals surface area contributed by atoms with Crippen LogP contribution in [0.4, 0.5) is 0 Å². The Morgan fingerprint density at radius 3 is 1.83 bits per heavy atom. The molecule has 74 valence electrons. The molecule has 0 aromatic carbocycles. The van der Waals surface area contributed by atoms with Crippen LogP contribution in [0.1, 0.15) is 46.0 Å². The van der Waals surface area contributed by atoms with E-state index in [0.29, 0.717) is 0 Å². The first-order valence-electron chi connectivity index (χ1n) is 5.00. The predicted molar refractivity (Wildman–Crippen MR) is 61.5 cm³/mol. The van der Waals surface area contributed by atoms with Crippen LogP contribution in [0, 0.1) is 0 Å². The van der Waals surface area contributed by atoms with E-state index >= 15 is 0 Å². The van der Waals surface area contributed by atoms with Crippen molar-refractivity contribution in [2.75, 3.05) is 0 Å². The maximum atomic E-state index is 6.33. The summed E-state index contributed by atoms with van der Waals surface area (Å²) in [5.74, 6) is 0. The molecule has 0 spiro atoms. The zero-order valence-electron chi connectivity index (χ0n) is 8.21. The van der Waals surface area contributed by atoms with Gasteiger partial charge in [-0.25, -0.2) is 0 Å². The van der Waals surface area contributed by atoms with Crippen molar-refractivity contribution in [1.82, 2.24) is 0 Å². The number of hydrogen-bond donors (Lipinski definition) is 0. The monoisotopic (exact) mass is 318 g/mol. The molecular weight excluding hydrogens is 298 g/mol. The summed E-state index contributed by atoms with van der Waals surface area (Å²) in [6.45, 7) is 4.41. The molecule has 0 aliphatic heterocycles. The zero-order chi connectivity index (χ0) is 9.45. The van der Waals surface area contributed by atoms with E-state index in [0.717, 1.165) is 8.87 Å². The van der Waals surface area contributed by atoms with Crippen molar-refractivity contribution >= 4 is 34.0 Å². The third kappa shape index (κ3) is 8.00. The molecule has 0 fully saturated rings. The molecule has 0 bridgehead atoms. The summed E-state index contributed by atoms with van der Waals surface area (Å²) in [7, 11) is 12.7. The molecule has 0 nitrogen and oxygen atoms in total. The Hall–Kier alpha value is 1.38. The Balaban J connectivity index is 3.42. The number of unbranched alkanes of at least 4 members (excludes halogenated alkanes) is 3. The first-order chi connectivity index (χ1) is 5.62. The van der Waals surface area contributed by atoms with Gasteiger partial charge in [0.1, 0.15) is 0 Å². The van der Waals surface area contributed by atoms with Crippen LogP contribution in [-0.4, -0.2) is 16.1 Å². The van der Waals surface area contributed by atoms with Gasteiger partial charge < -0.3 is 0 Å². The van der Waals surface area contributed by atoms with E-state index < -0.39 is 16.1 Å². The second-order valence-electron chi connectivity index (χ2n) is 3.42. The van der Waals surface area contributed by atoms with Crippen molar-refractivity contribution in [3.8, 4) is 0 Å². The SMILES string of the molecule is CCCC[CH2][Sn]([Cl])([Cl])[CH2]CCC. The maximum absolute atomic E-state index is 6.33. The van der Waals surface area contributed by atoms with Gasteiger partial charge in [-0.15, -0.1) is 0 Å².